The third-order valence-electron chi connectivity index (χ3n) is 4.74. The molecule has 1 heterocycles. The largest absolute Gasteiger partial charge is 0.484 e. The van der Waals surface area contributed by atoms with Crippen molar-refractivity contribution in [2.45, 2.75) is 26.0 Å². The Kier molecular flexibility index (Phi) is 7.21. The molecule has 0 fully saturated rings. The second-order valence-corrected chi connectivity index (χ2v) is 7.21. The van der Waals surface area contributed by atoms with Gasteiger partial charge in [-0.05, 0) is 29.7 Å². The van der Waals surface area contributed by atoms with Crippen LogP contribution in [0, 0.1) is 0 Å². The van der Waals surface area contributed by atoms with Crippen molar-refractivity contribution in [3.05, 3.63) is 59.7 Å². The zero-order valence-electron chi connectivity index (χ0n) is 16.6. The van der Waals surface area contributed by atoms with E-state index in [1.165, 1.54) is 18.1 Å². The number of anilines is 1. The molecule has 0 radical (unpaired) electrons. The summed E-state index contributed by atoms with van der Waals surface area (Å²) in [6, 6.07) is 15.2. The maximum absolute atomic E-state index is 12.0. The third kappa shape index (κ3) is 6.58. The smallest absolute Gasteiger partial charge is 0.258 e. The highest BCUT2D eigenvalue weighted by molar-refractivity contribution is 5.88. The molecule has 0 aromatic heterocycles. The van der Waals surface area contributed by atoms with Crippen LogP contribution in [0.15, 0.2) is 48.5 Å². The van der Waals surface area contributed by atoms with Crippen LogP contribution in [0.25, 0.3) is 0 Å². The Morgan fingerprint density at radius 1 is 1.17 bits per heavy atom. The molecule has 3 rings (SSSR count). The number of β-amino-alcohol motifs (C(OH)–C–C–N with tert-alkyl or cyclic N) is 1. The van der Waals surface area contributed by atoms with Gasteiger partial charge in [-0.2, -0.15) is 0 Å². The van der Waals surface area contributed by atoms with Gasteiger partial charge in [0, 0.05) is 44.9 Å². The molecule has 0 saturated carbocycles. The minimum absolute atomic E-state index is 0.159. The van der Waals surface area contributed by atoms with Crippen molar-refractivity contribution in [2.75, 3.05) is 31.6 Å². The zero-order valence-corrected chi connectivity index (χ0v) is 16.6. The molecule has 154 valence electrons. The van der Waals surface area contributed by atoms with Crippen molar-refractivity contribution in [1.29, 1.82) is 0 Å². The number of aliphatic hydroxyl groups excluding tert-OH is 1. The summed E-state index contributed by atoms with van der Waals surface area (Å²) in [5.74, 6) is 0.00275. The van der Waals surface area contributed by atoms with Crippen LogP contribution < -0.4 is 15.4 Å². The lowest BCUT2D eigenvalue weighted by Gasteiger charge is -2.30. The lowest BCUT2D eigenvalue weighted by molar-refractivity contribution is -0.123. The summed E-state index contributed by atoms with van der Waals surface area (Å²) in [6.45, 7) is 3.66. The van der Waals surface area contributed by atoms with Crippen LogP contribution in [0.2, 0.25) is 0 Å². The SMILES string of the molecule is CC(=O)Nc1cccc(OCC(=O)NCC(O)CN2CCc3ccccc3C2)c1. The highest BCUT2D eigenvalue weighted by atomic mass is 16.5. The van der Waals surface area contributed by atoms with E-state index in [-0.39, 0.29) is 25.0 Å². The van der Waals surface area contributed by atoms with Gasteiger partial charge in [0.2, 0.25) is 5.91 Å². The highest BCUT2D eigenvalue weighted by Gasteiger charge is 2.18. The number of nitrogens with one attached hydrogen (secondary N) is 2. The van der Waals surface area contributed by atoms with Gasteiger partial charge in [-0.3, -0.25) is 14.5 Å². The minimum Gasteiger partial charge on any atom is -0.484 e. The highest BCUT2D eigenvalue weighted by Crippen LogP contribution is 2.19. The van der Waals surface area contributed by atoms with Crippen molar-refractivity contribution in [3.8, 4) is 5.75 Å². The summed E-state index contributed by atoms with van der Waals surface area (Å²) in [4.78, 5) is 25.3. The molecule has 2 aromatic carbocycles. The van der Waals surface area contributed by atoms with E-state index in [0.717, 1.165) is 19.5 Å². The first-order valence-electron chi connectivity index (χ1n) is 9.74. The number of nitrogens with zero attached hydrogens (tertiary/aromatic N) is 1. The first kappa shape index (κ1) is 20.8. The van der Waals surface area contributed by atoms with E-state index in [1.807, 2.05) is 6.07 Å². The van der Waals surface area contributed by atoms with E-state index >= 15 is 0 Å². The van der Waals surface area contributed by atoms with E-state index in [0.29, 0.717) is 18.0 Å². The first-order valence-corrected chi connectivity index (χ1v) is 9.74. The number of ether oxygens (including phenoxy) is 1. The van der Waals surface area contributed by atoms with Gasteiger partial charge in [0.25, 0.3) is 5.91 Å². The summed E-state index contributed by atoms with van der Waals surface area (Å²) in [6.07, 6.45) is 0.327. The Hall–Kier alpha value is -2.90. The van der Waals surface area contributed by atoms with Crippen LogP contribution in [-0.2, 0) is 22.6 Å². The van der Waals surface area contributed by atoms with Gasteiger partial charge in [-0.25, -0.2) is 0 Å². The van der Waals surface area contributed by atoms with Crippen LogP contribution >= 0.6 is 0 Å². The standard InChI is InChI=1S/C22H27N3O4/c1-16(26)24-19-7-4-8-21(11-19)29-15-22(28)23-12-20(27)14-25-10-9-17-5-2-3-6-18(17)13-25/h2-8,11,20,27H,9-10,12-15H2,1H3,(H,23,28)(H,24,26). The Labute approximate surface area is 170 Å². The van der Waals surface area contributed by atoms with Crippen molar-refractivity contribution < 1.29 is 19.4 Å². The van der Waals surface area contributed by atoms with Crippen molar-refractivity contribution in [3.63, 3.8) is 0 Å². The van der Waals surface area contributed by atoms with E-state index < -0.39 is 6.10 Å². The van der Waals surface area contributed by atoms with Gasteiger partial charge in [0.15, 0.2) is 6.61 Å². The predicted octanol–water partition coefficient (Wildman–Crippen LogP) is 1.56. The van der Waals surface area contributed by atoms with Gasteiger partial charge in [-0.15, -0.1) is 0 Å². The molecule has 29 heavy (non-hydrogen) atoms. The van der Waals surface area contributed by atoms with E-state index in [1.54, 1.807) is 24.3 Å². The number of hydrogen-bond acceptors (Lipinski definition) is 5. The van der Waals surface area contributed by atoms with Gasteiger partial charge >= 0.3 is 0 Å². The molecule has 2 aromatic rings. The van der Waals surface area contributed by atoms with Crippen molar-refractivity contribution in [1.82, 2.24) is 10.2 Å². The number of aliphatic hydroxyl groups is 1. The monoisotopic (exact) mass is 397 g/mol. The molecule has 0 bridgehead atoms. The number of hydrogen-bond donors (Lipinski definition) is 3. The van der Waals surface area contributed by atoms with Crippen molar-refractivity contribution >= 4 is 17.5 Å². The molecule has 1 aliphatic rings. The molecule has 1 atom stereocenters. The fraction of sp³-hybridized carbons (Fsp3) is 0.364. The average molecular weight is 397 g/mol. The van der Waals surface area contributed by atoms with Gasteiger partial charge < -0.3 is 20.5 Å². The number of carbonyl (C=O) groups is 2. The molecule has 0 saturated heterocycles. The van der Waals surface area contributed by atoms with E-state index in [4.69, 9.17) is 4.74 Å². The van der Waals surface area contributed by atoms with E-state index in [2.05, 4.69) is 33.7 Å². The Morgan fingerprint density at radius 2 is 1.97 bits per heavy atom. The normalized spacial score (nSPS) is 14.6. The number of carbonyl (C=O) groups excluding carboxylic acids is 2. The molecule has 0 aliphatic carbocycles. The Morgan fingerprint density at radius 3 is 2.76 bits per heavy atom. The number of fused-ring (bicyclic) bond motifs is 1. The lowest BCUT2D eigenvalue weighted by Crippen LogP contribution is -2.42. The summed E-state index contributed by atoms with van der Waals surface area (Å²) >= 11 is 0. The summed E-state index contributed by atoms with van der Waals surface area (Å²) in [5, 5.41) is 15.6. The molecule has 7 nitrogen and oxygen atoms in total. The Balaban J connectivity index is 1.38. The Bertz CT molecular complexity index is 855. The maximum atomic E-state index is 12.0. The summed E-state index contributed by atoms with van der Waals surface area (Å²) in [7, 11) is 0. The fourth-order valence-corrected chi connectivity index (χ4v) is 3.37. The van der Waals surface area contributed by atoms with Gasteiger partial charge in [0.1, 0.15) is 5.75 Å². The minimum atomic E-state index is -0.646. The lowest BCUT2D eigenvalue weighted by atomic mass is 10.00. The number of rotatable bonds is 8. The number of amides is 2. The number of benzene rings is 2. The van der Waals surface area contributed by atoms with Crippen LogP contribution in [-0.4, -0.2) is 54.2 Å². The second kappa shape index (κ2) is 10.0. The predicted molar refractivity (Wildman–Crippen MR) is 111 cm³/mol. The molecule has 0 spiro atoms. The van der Waals surface area contributed by atoms with Gasteiger partial charge in [-0.1, -0.05) is 30.3 Å². The molecule has 1 unspecified atom stereocenters. The molecule has 3 N–H and O–H groups in total. The molecular formula is C22H27N3O4. The molecular weight excluding hydrogens is 370 g/mol. The van der Waals surface area contributed by atoms with E-state index in [9.17, 15) is 14.7 Å². The summed E-state index contributed by atoms with van der Waals surface area (Å²) < 4.78 is 5.46. The second-order valence-electron chi connectivity index (χ2n) is 7.21. The first-order chi connectivity index (χ1) is 14.0. The topological polar surface area (TPSA) is 90.9 Å². The molecule has 2 amide bonds. The zero-order chi connectivity index (χ0) is 20.6. The van der Waals surface area contributed by atoms with Crippen molar-refractivity contribution in [2.24, 2.45) is 0 Å². The quantitative estimate of drug-likeness (QED) is 0.629. The van der Waals surface area contributed by atoms with Crippen LogP contribution in [0.3, 0.4) is 0 Å². The summed E-state index contributed by atoms with van der Waals surface area (Å²) in [5.41, 5.74) is 3.27. The maximum Gasteiger partial charge on any atom is 0.258 e. The average Bonchev–Trinajstić information content (AvgIpc) is 2.70. The molecule has 1 aliphatic heterocycles. The molecule has 7 heteroatoms. The van der Waals surface area contributed by atoms with Gasteiger partial charge in [0.05, 0.1) is 6.10 Å². The third-order valence-corrected chi connectivity index (χ3v) is 4.74. The van der Waals surface area contributed by atoms with Crippen LogP contribution in [0.4, 0.5) is 5.69 Å². The van der Waals surface area contributed by atoms with Crippen LogP contribution in [0.1, 0.15) is 18.1 Å². The van der Waals surface area contributed by atoms with Crippen LogP contribution in [0.5, 0.6) is 5.75 Å². The fourth-order valence-electron chi connectivity index (χ4n) is 3.37.